The minimum Gasteiger partial charge on any atom is -0.466 e. The maximum absolute atomic E-state index is 12.8. The molecule has 1 rings (SSSR count). The van der Waals surface area contributed by atoms with Crippen LogP contribution >= 0.6 is 0 Å². The molecule has 1 saturated heterocycles. The van der Waals surface area contributed by atoms with E-state index in [0.717, 1.165) is 64.5 Å². The van der Waals surface area contributed by atoms with Gasteiger partial charge in [0.25, 0.3) is 0 Å². The SMILES string of the molecule is CCCCCCCCCOC(=O)CCCCC1CCN(CCO)C(CCCCCCC(=O)OC(CCCCCCCC)CCCCCCCC)C1. The van der Waals surface area contributed by atoms with E-state index in [0.29, 0.717) is 31.4 Å². The van der Waals surface area contributed by atoms with Crippen LogP contribution in [-0.2, 0) is 19.1 Å². The third-order valence-electron chi connectivity index (χ3n) is 11.3. The first-order valence-corrected chi connectivity index (χ1v) is 22.7. The summed E-state index contributed by atoms with van der Waals surface area (Å²) in [5.41, 5.74) is 0. The molecule has 302 valence electrons. The number of piperidine rings is 1. The van der Waals surface area contributed by atoms with Gasteiger partial charge in [0.2, 0.25) is 0 Å². The van der Waals surface area contributed by atoms with E-state index in [1.165, 1.54) is 148 Å². The van der Waals surface area contributed by atoms with Crippen LogP contribution in [-0.4, -0.2) is 60.4 Å². The van der Waals surface area contributed by atoms with Crippen molar-refractivity contribution in [1.82, 2.24) is 4.90 Å². The van der Waals surface area contributed by atoms with Gasteiger partial charge in [-0.1, -0.05) is 156 Å². The molecule has 1 aliphatic heterocycles. The summed E-state index contributed by atoms with van der Waals surface area (Å²) >= 11 is 0. The maximum atomic E-state index is 12.8. The van der Waals surface area contributed by atoms with Crippen molar-refractivity contribution in [2.45, 2.75) is 245 Å². The molecule has 0 aromatic rings. The number of hydrogen-bond donors (Lipinski definition) is 1. The van der Waals surface area contributed by atoms with Crippen molar-refractivity contribution in [2.75, 3.05) is 26.3 Å². The maximum Gasteiger partial charge on any atom is 0.306 e. The van der Waals surface area contributed by atoms with Crippen LogP contribution < -0.4 is 0 Å². The standard InChI is InChI=1S/C45H87NO5/c1-4-7-10-13-16-21-28-39-50-44(48)33-27-26-29-41-35-36-46(37-38-47)42(40-41)30-22-19-20-25-34-45(49)51-43(31-23-17-14-11-8-5-2)32-24-18-15-12-9-6-3/h41-43,47H,4-40H2,1-3H3. The van der Waals surface area contributed by atoms with E-state index in [-0.39, 0.29) is 24.6 Å². The van der Waals surface area contributed by atoms with Gasteiger partial charge in [0, 0.05) is 25.4 Å². The number of unbranched alkanes of at least 4 members (excludes halogenated alkanes) is 20. The average molecular weight is 722 g/mol. The summed E-state index contributed by atoms with van der Waals surface area (Å²) in [7, 11) is 0. The lowest BCUT2D eigenvalue weighted by molar-refractivity contribution is -0.150. The van der Waals surface area contributed by atoms with Gasteiger partial charge in [-0.3, -0.25) is 14.5 Å². The molecule has 0 amide bonds. The predicted octanol–water partition coefficient (Wildman–Crippen LogP) is 12.7. The third-order valence-corrected chi connectivity index (χ3v) is 11.3. The van der Waals surface area contributed by atoms with Crippen LogP contribution in [0.3, 0.4) is 0 Å². The predicted molar refractivity (Wildman–Crippen MR) is 216 cm³/mol. The summed E-state index contributed by atoms with van der Waals surface area (Å²) in [6.07, 6.45) is 38.5. The van der Waals surface area contributed by atoms with Gasteiger partial charge >= 0.3 is 11.9 Å². The van der Waals surface area contributed by atoms with E-state index in [4.69, 9.17) is 9.47 Å². The Morgan fingerprint density at radius 1 is 0.608 bits per heavy atom. The van der Waals surface area contributed by atoms with Gasteiger partial charge in [-0.25, -0.2) is 0 Å². The molecular formula is C45H87NO5. The Bertz CT molecular complexity index is 760. The molecule has 0 spiro atoms. The molecule has 1 fully saturated rings. The first-order valence-electron chi connectivity index (χ1n) is 22.7. The van der Waals surface area contributed by atoms with Gasteiger partial charge in [-0.2, -0.15) is 0 Å². The lowest BCUT2D eigenvalue weighted by atomic mass is 9.85. The summed E-state index contributed by atoms with van der Waals surface area (Å²) in [5.74, 6) is 0.706. The molecule has 1 heterocycles. The monoisotopic (exact) mass is 722 g/mol. The van der Waals surface area contributed by atoms with Crippen molar-refractivity contribution < 1.29 is 24.2 Å². The first-order chi connectivity index (χ1) is 25.0. The fourth-order valence-electron chi connectivity index (χ4n) is 8.00. The second-order valence-corrected chi connectivity index (χ2v) is 16.1. The quantitative estimate of drug-likeness (QED) is 0.0508. The summed E-state index contributed by atoms with van der Waals surface area (Å²) in [6.45, 7) is 9.42. The van der Waals surface area contributed by atoms with Crippen LogP contribution in [0, 0.1) is 5.92 Å². The zero-order chi connectivity index (χ0) is 37.0. The molecule has 2 atom stereocenters. The Kier molecular flexibility index (Phi) is 33.7. The Labute approximate surface area is 317 Å². The largest absolute Gasteiger partial charge is 0.466 e. The normalized spacial score (nSPS) is 16.6. The number of nitrogens with zero attached hydrogens (tertiary/aromatic N) is 1. The molecule has 6 heteroatoms. The molecule has 0 bridgehead atoms. The van der Waals surface area contributed by atoms with E-state index >= 15 is 0 Å². The van der Waals surface area contributed by atoms with E-state index in [1.54, 1.807) is 0 Å². The van der Waals surface area contributed by atoms with Crippen molar-refractivity contribution in [3.63, 3.8) is 0 Å². The zero-order valence-electron chi connectivity index (χ0n) is 34.4. The van der Waals surface area contributed by atoms with Crippen molar-refractivity contribution in [2.24, 2.45) is 5.92 Å². The van der Waals surface area contributed by atoms with E-state index in [9.17, 15) is 14.7 Å². The van der Waals surface area contributed by atoms with Crippen molar-refractivity contribution in [1.29, 1.82) is 0 Å². The molecule has 0 aliphatic carbocycles. The van der Waals surface area contributed by atoms with Gasteiger partial charge in [-0.15, -0.1) is 0 Å². The van der Waals surface area contributed by atoms with Gasteiger partial charge in [0.1, 0.15) is 6.10 Å². The topological polar surface area (TPSA) is 76.1 Å². The van der Waals surface area contributed by atoms with Crippen molar-refractivity contribution >= 4 is 11.9 Å². The third kappa shape index (κ3) is 29.0. The molecular weight excluding hydrogens is 634 g/mol. The minimum absolute atomic E-state index is 0.0163. The second kappa shape index (κ2) is 35.9. The molecule has 51 heavy (non-hydrogen) atoms. The highest BCUT2D eigenvalue weighted by Crippen LogP contribution is 2.30. The highest BCUT2D eigenvalue weighted by molar-refractivity contribution is 5.69. The Morgan fingerprint density at radius 3 is 1.71 bits per heavy atom. The zero-order valence-corrected chi connectivity index (χ0v) is 34.4. The number of hydrogen-bond acceptors (Lipinski definition) is 6. The molecule has 0 aromatic heterocycles. The molecule has 2 unspecified atom stereocenters. The number of carbonyl (C=O) groups excluding carboxylic acids is 2. The average Bonchev–Trinajstić information content (AvgIpc) is 3.13. The molecule has 1 N–H and O–H groups in total. The van der Waals surface area contributed by atoms with Crippen LogP contribution in [0.2, 0.25) is 0 Å². The Balaban J connectivity index is 2.26. The molecule has 0 aromatic carbocycles. The minimum atomic E-state index is -0.0222. The number of aliphatic hydroxyl groups excluding tert-OH is 1. The number of carbonyl (C=O) groups is 2. The van der Waals surface area contributed by atoms with Crippen LogP contribution in [0.1, 0.15) is 233 Å². The van der Waals surface area contributed by atoms with Crippen molar-refractivity contribution in [3.05, 3.63) is 0 Å². The van der Waals surface area contributed by atoms with E-state index in [1.807, 2.05) is 0 Å². The molecule has 6 nitrogen and oxygen atoms in total. The number of aliphatic hydroxyl groups is 1. The van der Waals surface area contributed by atoms with Crippen LogP contribution in [0.25, 0.3) is 0 Å². The van der Waals surface area contributed by atoms with E-state index in [2.05, 4.69) is 25.7 Å². The Morgan fingerprint density at radius 2 is 1.10 bits per heavy atom. The summed E-state index contributed by atoms with van der Waals surface area (Å²) < 4.78 is 11.5. The molecule has 1 aliphatic rings. The molecule has 0 saturated carbocycles. The van der Waals surface area contributed by atoms with Crippen molar-refractivity contribution in [3.8, 4) is 0 Å². The number of esters is 2. The second-order valence-electron chi connectivity index (χ2n) is 16.1. The van der Waals surface area contributed by atoms with Gasteiger partial charge in [0.15, 0.2) is 0 Å². The highest BCUT2D eigenvalue weighted by Gasteiger charge is 2.27. The van der Waals surface area contributed by atoms with Gasteiger partial charge in [-0.05, 0) is 76.7 Å². The van der Waals surface area contributed by atoms with Crippen LogP contribution in [0.15, 0.2) is 0 Å². The number of likely N-dealkylation sites (tertiary alicyclic amines) is 1. The smallest absolute Gasteiger partial charge is 0.306 e. The summed E-state index contributed by atoms with van der Waals surface area (Å²) in [4.78, 5) is 27.5. The van der Waals surface area contributed by atoms with Crippen LogP contribution in [0.4, 0.5) is 0 Å². The fraction of sp³-hybridized carbons (Fsp3) is 0.956. The summed E-state index contributed by atoms with van der Waals surface area (Å²) in [5, 5.41) is 9.67. The number of rotatable bonds is 37. The number of β-amino-alcohol motifs (C(OH)–C–C–N with tert-alkyl or cyclic N) is 1. The van der Waals surface area contributed by atoms with E-state index < -0.39 is 0 Å². The highest BCUT2D eigenvalue weighted by atomic mass is 16.5. The lowest BCUT2D eigenvalue weighted by Gasteiger charge is -2.39. The molecule has 0 radical (unpaired) electrons. The van der Waals surface area contributed by atoms with Gasteiger partial charge in [0.05, 0.1) is 13.2 Å². The van der Waals surface area contributed by atoms with Crippen LogP contribution in [0.5, 0.6) is 0 Å². The summed E-state index contributed by atoms with van der Waals surface area (Å²) in [6, 6.07) is 0.539. The Hall–Kier alpha value is -1.14. The lowest BCUT2D eigenvalue weighted by Crippen LogP contribution is -2.43. The first kappa shape index (κ1) is 47.9. The van der Waals surface area contributed by atoms with Gasteiger partial charge < -0.3 is 14.6 Å². The fourth-order valence-corrected chi connectivity index (χ4v) is 8.00. The number of ether oxygens (including phenoxy) is 2.